The summed E-state index contributed by atoms with van der Waals surface area (Å²) in [5, 5.41) is 0. The van der Waals surface area contributed by atoms with E-state index in [1.165, 1.54) is 54.4 Å². The van der Waals surface area contributed by atoms with E-state index in [4.69, 9.17) is 0 Å². The van der Waals surface area contributed by atoms with Gasteiger partial charge >= 0.3 is 0 Å². The summed E-state index contributed by atoms with van der Waals surface area (Å²) in [6.07, 6.45) is 15.6. The van der Waals surface area contributed by atoms with Gasteiger partial charge in [0, 0.05) is 38.0 Å². The number of hydrogen-bond donors (Lipinski definition) is 0. The predicted molar refractivity (Wildman–Crippen MR) is 108 cm³/mol. The fourth-order valence-electron chi connectivity index (χ4n) is 4.35. The van der Waals surface area contributed by atoms with E-state index in [2.05, 4.69) is 79.8 Å². The normalized spacial score (nSPS) is 19.5. The molecule has 0 aromatic heterocycles. The Hall–Kier alpha value is -1.20. The van der Waals surface area contributed by atoms with Crippen LogP contribution in [0.3, 0.4) is 0 Å². The van der Waals surface area contributed by atoms with Crippen molar-refractivity contribution < 1.29 is 26.2 Å². The molecule has 0 N–H and O–H groups in total. The molecule has 0 bridgehead atoms. The van der Waals surface area contributed by atoms with Gasteiger partial charge in [0.1, 0.15) is 0 Å². The first kappa shape index (κ1) is 19.6. The summed E-state index contributed by atoms with van der Waals surface area (Å²) >= 11 is 0. The molecule has 2 unspecified atom stereocenters. The van der Waals surface area contributed by atoms with Gasteiger partial charge in [0.15, 0.2) is 0 Å². The largest absolute Gasteiger partial charge is 0.314 e. The van der Waals surface area contributed by atoms with Crippen LogP contribution in [0.25, 0.3) is 12.2 Å². The summed E-state index contributed by atoms with van der Waals surface area (Å²) in [5.41, 5.74) is 5.87. The molecule has 0 aliphatic heterocycles. The Labute approximate surface area is 177 Å². The number of rotatable bonds is 7. The van der Waals surface area contributed by atoms with Crippen molar-refractivity contribution in [2.45, 2.75) is 50.9 Å². The van der Waals surface area contributed by atoms with Crippen LogP contribution in [0.4, 0.5) is 0 Å². The second-order valence-electron chi connectivity index (χ2n) is 7.37. The van der Waals surface area contributed by atoms with Crippen molar-refractivity contribution in [2.75, 3.05) is 0 Å². The zero-order valence-electron chi connectivity index (χ0n) is 15.6. The molecule has 0 amide bonds. The molecule has 0 radical (unpaired) electrons. The van der Waals surface area contributed by atoms with Crippen molar-refractivity contribution in [2.24, 2.45) is 0 Å². The zero-order valence-corrected chi connectivity index (χ0v) is 18.1. The molecule has 2 aromatic carbocycles. The Morgan fingerprint density at radius 3 is 1.65 bits per heavy atom. The molecule has 4 rings (SSSR count). The number of fused-ring (bicyclic) bond motifs is 2. The fourth-order valence-corrected chi connectivity index (χ4v) is 4.35. The second-order valence-corrected chi connectivity index (χ2v) is 7.37. The maximum Gasteiger partial charge on any atom is 0.000306 e. The van der Waals surface area contributed by atoms with E-state index in [0.29, 0.717) is 11.8 Å². The minimum atomic E-state index is 0. The molecule has 2 aromatic rings. The Kier molecular flexibility index (Phi) is 6.88. The van der Waals surface area contributed by atoms with Gasteiger partial charge in [0.2, 0.25) is 0 Å². The van der Waals surface area contributed by atoms with Crippen molar-refractivity contribution in [3.8, 4) is 0 Å². The molecule has 1 heteroatoms. The first-order chi connectivity index (χ1) is 12.3. The monoisotopic (exact) mass is 417 g/mol. The van der Waals surface area contributed by atoms with Crippen LogP contribution in [-0.4, -0.2) is 0 Å². The third-order valence-corrected chi connectivity index (χ3v) is 5.92. The van der Waals surface area contributed by atoms with Crippen molar-refractivity contribution in [1.29, 1.82) is 0 Å². The Balaban J connectivity index is 0.00000196. The van der Waals surface area contributed by atoms with Crippen LogP contribution in [0.2, 0.25) is 0 Å². The fraction of sp³-hybridized carbons (Fsp3) is 0.320. The van der Waals surface area contributed by atoms with Crippen molar-refractivity contribution in [3.63, 3.8) is 0 Å². The Morgan fingerprint density at radius 2 is 1.19 bits per heavy atom. The summed E-state index contributed by atoms with van der Waals surface area (Å²) in [6.45, 7) is 2.33. The van der Waals surface area contributed by atoms with Crippen molar-refractivity contribution >= 4 is 12.2 Å². The summed E-state index contributed by atoms with van der Waals surface area (Å²) in [4.78, 5) is 0. The van der Waals surface area contributed by atoms with Crippen LogP contribution in [0, 0.1) is 5.92 Å². The zero-order chi connectivity index (χ0) is 17.1. The average molecular weight is 419 g/mol. The van der Waals surface area contributed by atoms with Gasteiger partial charge in [0.05, 0.1) is 0 Å². The molecule has 26 heavy (non-hydrogen) atoms. The van der Waals surface area contributed by atoms with Crippen molar-refractivity contribution in [1.82, 2.24) is 0 Å². The summed E-state index contributed by atoms with van der Waals surface area (Å²) < 4.78 is 0. The predicted octanol–water partition coefficient (Wildman–Crippen LogP) is 7.15. The summed E-state index contributed by atoms with van der Waals surface area (Å²) in [7, 11) is 0. The Bertz CT molecular complexity index is 721. The SMILES string of the molecule is CC[C-](CCC1C=Cc2ccccc21)CCC1C=Cc2ccccc21.[Zr]. The number of hydrogen-bond acceptors (Lipinski definition) is 0. The smallest absolute Gasteiger partial charge is 0.000306 e. The number of allylic oxidation sites excluding steroid dienone is 2. The van der Waals surface area contributed by atoms with Gasteiger partial charge in [-0.2, -0.15) is 19.3 Å². The van der Waals surface area contributed by atoms with Gasteiger partial charge < -0.3 is 5.92 Å². The van der Waals surface area contributed by atoms with Gasteiger partial charge in [-0.05, 0) is 22.3 Å². The Morgan fingerprint density at radius 1 is 0.731 bits per heavy atom. The van der Waals surface area contributed by atoms with Gasteiger partial charge in [-0.1, -0.05) is 92.6 Å². The minimum absolute atomic E-state index is 0. The molecule has 0 fully saturated rings. The first-order valence-corrected chi connectivity index (χ1v) is 9.73. The van der Waals surface area contributed by atoms with Gasteiger partial charge in [0.25, 0.3) is 0 Å². The molecule has 2 atom stereocenters. The van der Waals surface area contributed by atoms with Crippen LogP contribution in [0.5, 0.6) is 0 Å². The topological polar surface area (TPSA) is 0 Å². The molecule has 0 heterocycles. The molecule has 0 saturated carbocycles. The first-order valence-electron chi connectivity index (χ1n) is 9.73. The van der Waals surface area contributed by atoms with Crippen LogP contribution in [0.15, 0.2) is 60.7 Å². The molecular weight excluding hydrogens is 391 g/mol. The number of benzene rings is 2. The molecule has 0 saturated heterocycles. The van der Waals surface area contributed by atoms with E-state index in [0.717, 1.165) is 0 Å². The van der Waals surface area contributed by atoms with Crippen molar-refractivity contribution in [3.05, 3.63) is 88.9 Å². The molecule has 2 aliphatic rings. The van der Waals surface area contributed by atoms with Crippen LogP contribution in [0.1, 0.15) is 73.1 Å². The van der Waals surface area contributed by atoms with E-state index in [1.54, 1.807) is 5.92 Å². The third kappa shape index (κ3) is 4.20. The van der Waals surface area contributed by atoms with E-state index < -0.39 is 0 Å². The molecule has 0 nitrogen and oxygen atoms in total. The molecular formula is C25H27Zr-. The van der Waals surface area contributed by atoms with Gasteiger partial charge in [-0.15, -0.1) is 0 Å². The van der Waals surface area contributed by atoms with E-state index in [1.807, 2.05) is 0 Å². The van der Waals surface area contributed by atoms with Gasteiger partial charge in [-0.3, -0.25) is 0 Å². The molecule has 132 valence electrons. The average Bonchev–Trinajstić information content (AvgIpc) is 3.26. The van der Waals surface area contributed by atoms with Crippen LogP contribution in [-0.2, 0) is 26.2 Å². The minimum Gasteiger partial charge on any atom is -0.314 e. The second kappa shape index (κ2) is 9.14. The maximum absolute atomic E-state index is 2.40. The van der Waals surface area contributed by atoms with E-state index in [9.17, 15) is 0 Å². The van der Waals surface area contributed by atoms with Crippen LogP contribution < -0.4 is 0 Å². The van der Waals surface area contributed by atoms with Crippen LogP contribution >= 0.6 is 0 Å². The quantitative estimate of drug-likeness (QED) is 0.419. The molecule has 0 spiro atoms. The standard InChI is InChI=1S/C25H27.Zr/c1-2-19(11-13-22-17-15-20-7-3-5-9-24(20)22)12-14-23-18-16-21-8-4-6-10-25(21)23;/h3-10,15-18,22-23H,2,11-14H2,1H3;/q-1;. The van der Waals surface area contributed by atoms with Gasteiger partial charge in [-0.25, -0.2) is 0 Å². The van der Waals surface area contributed by atoms with E-state index >= 15 is 0 Å². The summed E-state index contributed by atoms with van der Waals surface area (Å²) in [6, 6.07) is 17.7. The summed E-state index contributed by atoms with van der Waals surface area (Å²) in [5.74, 6) is 2.96. The van der Waals surface area contributed by atoms with E-state index in [-0.39, 0.29) is 26.2 Å². The maximum atomic E-state index is 2.40. The third-order valence-electron chi connectivity index (χ3n) is 5.92. The molecule has 2 aliphatic carbocycles.